The largest absolute Gasteiger partial charge is 0.466 e. The van der Waals surface area contributed by atoms with E-state index in [0.29, 0.717) is 30.9 Å². The standard InChI is InChI=1S/C19H25ClN4O3/c1-3-27-18(25)15-11-4-6-12(7-5-11)16(15)21-17-14-9-8-13(10-26-2)24(14)23-19(20)22-17/h8-9,11-12,15-16H,3-7,10H2,1-2H3,(H,21,22,23)/t11-,12+,15-,16-/m0/s1. The van der Waals surface area contributed by atoms with Gasteiger partial charge in [0.05, 0.1) is 24.8 Å². The fraction of sp³-hybridized carbons (Fsp3) is 0.632. The van der Waals surface area contributed by atoms with Crippen molar-refractivity contribution in [3.05, 3.63) is 23.1 Å². The molecule has 0 unspecified atom stereocenters. The lowest BCUT2D eigenvalue weighted by Gasteiger charge is -2.47. The van der Waals surface area contributed by atoms with Gasteiger partial charge >= 0.3 is 5.97 Å². The van der Waals surface area contributed by atoms with Gasteiger partial charge in [-0.1, -0.05) is 0 Å². The summed E-state index contributed by atoms with van der Waals surface area (Å²) in [5, 5.41) is 8.00. The molecule has 2 aromatic rings. The fourth-order valence-electron chi connectivity index (χ4n) is 4.78. The van der Waals surface area contributed by atoms with E-state index in [-0.39, 0.29) is 23.2 Å². The summed E-state index contributed by atoms with van der Waals surface area (Å²) in [5.41, 5.74) is 1.72. The molecule has 2 atom stereocenters. The van der Waals surface area contributed by atoms with Gasteiger partial charge in [0, 0.05) is 13.2 Å². The second-order valence-electron chi connectivity index (χ2n) is 7.41. The van der Waals surface area contributed by atoms with Gasteiger partial charge in [-0.05, 0) is 68.2 Å². The monoisotopic (exact) mass is 392 g/mol. The summed E-state index contributed by atoms with van der Waals surface area (Å²) >= 11 is 6.18. The number of halogens is 1. The number of rotatable bonds is 6. The Hall–Kier alpha value is -1.86. The first-order chi connectivity index (χ1) is 13.1. The van der Waals surface area contributed by atoms with Crippen molar-refractivity contribution in [2.24, 2.45) is 17.8 Å². The first-order valence-corrected chi connectivity index (χ1v) is 9.96. The molecule has 27 heavy (non-hydrogen) atoms. The average Bonchev–Trinajstić information content (AvgIpc) is 3.06. The van der Waals surface area contributed by atoms with E-state index in [9.17, 15) is 4.79 Å². The van der Waals surface area contributed by atoms with Crippen molar-refractivity contribution in [1.82, 2.24) is 14.6 Å². The molecule has 0 radical (unpaired) electrons. The Bertz CT molecular complexity index is 832. The lowest BCUT2D eigenvalue weighted by Crippen LogP contribution is -2.52. The Morgan fingerprint density at radius 3 is 2.74 bits per heavy atom. The first-order valence-electron chi connectivity index (χ1n) is 9.58. The fourth-order valence-corrected chi connectivity index (χ4v) is 4.94. The Morgan fingerprint density at radius 1 is 1.30 bits per heavy atom. The maximum atomic E-state index is 12.7. The summed E-state index contributed by atoms with van der Waals surface area (Å²) in [7, 11) is 1.64. The van der Waals surface area contributed by atoms with Crippen LogP contribution in [-0.2, 0) is 20.9 Å². The smallest absolute Gasteiger partial charge is 0.311 e. The van der Waals surface area contributed by atoms with Crippen LogP contribution in [0.25, 0.3) is 5.52 Å². The number of hydrogen-bond donors (Lipinski definition) is 1. The van der Waals surface area contributed by atoms with E-state index >= 15 is 0 Å². The number of hydrogen-bond acceptors (Lipinski definition) is 6. The minimum absolute atomic E-state index is 0.00657. The Balaban J connectivity index is 1.68. The third-order valence-electron chi connectivity index (χ3n) is 5.94. The van der Waals surface area contributed by atoms with Gasteiger partial charge in [0.15, 0.2) is 5.82 Å². The third-order valence-corrected chi connectivity index (χ3v) is 6.10. The number of carbonyl (C=O) groups excluding carboxylic acids is 1. The highest BCUT2D eigenvalue weighted by molar-refractivity contribution is 6.28. The number of ether oxygens (including phenoxy) is 2. The van der Waals surface area contributed by atoms with Crippen molar-refractivity contribution in [2.75, 3.05) is 19.0 Å². The van der Waals surface area contributed by atoms with Crippen molar-refractivity contribution in [3.63, 3.8) is 0 Å². The number of nitrogens with zero attached hydrogens (tertiary/aromatic N) is 3. The molecule has 0 aromatic carbocycles. The molecule has 5 rings (SSSR count). The van der Waals surface area contributed by atoms with Crippen LogP contribution in [0.3, 0.4) is 0 Å². The molecule has 0 spiro atoms. The van der Waals surface area contributed by atoms with E-state index in [1.807, 2.05) is 19.1 Å². The van der Waals surface area contributed by atoms with Crippen LogP contribution in [0.4, 0.5) is 5.82 Å². The zero-order chi connectivity index (χ0) is 19.0. The van der Waals surface area contributed by atoms with E-state index < -0.39 is 0 Å². The van der Waals surface area contributed by atoms with Crippen molar-refractivity contribution in [1.29, 1.82) is 0 Å². The molecule has 0 saturated heterocycles. The van der Waals surface area contributed by atoms with Crippen LogP contribution in [0.1, 0.15) is 38.3 Å². The van der Waals surface area contributed by atoms with Crippen LogP contribution < -0.4 is 5.32 Å². The van der Waals surface area contributed by atoms with Gasteiger partial charge in [-0.15, -0.1) is 5.10 Å². The highest BCUT2D eigenvalue weighted by Crippen LogP contribution is 2.47. The molecule has 2 bridgehead atoms. The number of anilines is 1. The summed E-state index contributed by atoms with van der Waals surface area (Å²) in [6, 6.07) is 3.91. The molecule has 0 aliphatic heterocycles. The van der Waals surface area contributed by atoms with Gasteiger partial charge < -0.3 is 14.8 Å². The van der Waals surface area contributed by atoms with Gasteiger partial charge in [-0.3, -0.25) is 4.79 Å². The van der Waals surface area contributed by atoms with Crippen molar-refractivity contribution in [3.8, 4) is 0 Å². The van der Waals surface area contributed by atoms with E-state index in [1.165, 1.54) is 0 Å². The van der Waals surface area contributed by atoms with Gasteiger partial charge in [-0.2, -0.15) is 4.98 Å². The molecule has 3 fully saturated rings. The summed E-state index contributed by atoms with van der Waals surface area (Å²) in [6.07, 6.45) is 4.44. The quantitative estimate of drug-likeness (QED) is 0.760. The second-order valence-corrected chi connectivity index (χ2v) is 7.75. The normalized spacial score (nSPS) is 27.1. The van der Waals surface area contributed by atoms with Crippen molar-refractivity contribution < 1.29 is 14.3 Å². The van der Waals surface area contributed by atoms with E-state index in [2.05, 4.69) is 15.4 Å². The van der Waals surface area contributed by atoms with Crippen LogP contribution >= 0.6 is 11.6 Å². The zero-order valence-electron chi connectivity index (χ0n) is 15.7. The number of methoxy groups -OCH3 is 1. The number of nitrogens with one attached hydrogen (secondary N) is 1. The van der Waals surface area contributed by atoms with Crippen LogP contribution in [0.15, 0.2) is 12.1 Å². The van der Waals surface area contributed by atoms with Crippen LogP contribution in [0, 0.1) is 17.8 Å². The molecule has 1 N–H and O–H groups in total. The minimum Gasteiger partial charge on any atom is -0.466 e. The molecule has 2 aromatic heterocycles. The molecular weight excluding hydrogens is 368 g/mol. The summed E-state index contributed by atoms with van der Waals surface area (Å²) < 4.78 is 12.4. The number of aromatic nitrogens is 3. The maximum Gasteiger partial charge on any atom is 0.311 e. The van der Waals surface area contributed by atoms with Gasteiger partial charge in [0.2, 0.25) is 5.28 Å². The summed E-state index contributed by atoms with van der Waals surface area (Å²) in [5.74, 6) is 1.22. The van der Waals surface area contributed by atoms with Crippen molar-refractivity contribution in [2.45, 2.75) is 45.3 Å². The predicted octanol–water partition coefficient (Wildman–Crippen LogP) is 3.31. The molecule has 3 saturated carbocycles. The topological polar surface area (TPSA) is 77.8 Å². The van der Waals surface area contributed by atoms with E-state index in [1.54, 1.807) is 11.6 Å². The van der Waals surface area contributed by atoms with Gasteiger partial charge in [0.1, 0.15) is 5.52 Å². The SMILES string of the molecule is CCOC(=O)[C@H]1[C@H]2CC[C@H](CC2)[C@@H]1Nc1nc(Cl)nn2c(COC)ccc12. The van der Waals surface area contributed by atoms with Gasteiger partial charge in [0.25, 0.3) is 0 Å². The predicted molar refractivity (Wildman–Crippen MR) is 102 cm³/mol. The molecule has 0 amide bonds. The van der Waals surface area contributed by atoms with E-state index in [0.717, 1.165) is 36.9 Å². The Labute approximate surface area is 163 Å². The first kappa shape index (κ1) is 18.5. The maximum absolute atomic E-state index is 12.7. The van der Waals surface area contributed by atoms with Crippen molar-refractivity contribution >= 4 is 28.9 Å². The molecule has 2 heterocycles. The molecule has 146 valence electrons. The molecule has 8 heteroatoms. The van der Waals surface area contributed by atoms with Crippen LogP contribution in [0.5, 0.6) is 0 Å². The highest BCUT2D eigenvalue weighted by atomic mass is 35.5. The second kappa shape index (κ2) is 7.64. The summed E-state index contributed by atoms with van der Waals surface area (Å²) in [6.45, 7) is 2.69. The molecular formula is C19H25ClN4O3. The Kier molecular flexibility index (Phi) is 5.23. The lowest BCUT2D eigenvalue weighted by atomic mass is 9.61. The van der Waals surface area contributed by atoms with Crippen LogP contribution in [0.2, 0.25) is 5.28 Å². The van der Waals surface area contributed by atoms with E-state index in [4.69, 9.17) is 21.1 Å². The molecule has 3 aliphatic carbocycles. The Morgan fingerprint density at radius 2 is 2.04 bits per heavy atom. The minimum atomic E-state index is -0.139. The molecule has 7 nitrogen and oxygen atoms in total. The third kappa shape index (κ3) is 3.38. The lowest BCUT2D eigenvalue weighted by molar-refractivity contribution is -0.154. The zero-order valence-corrected chi connectivity index (χ0v) is 16.4. The molecule has 3 aliphatic rings. The number of carbonyl (C=O) groups is 1. The van der Waals surface area contributed by atoms with Gasteiger partial charge in [-0.25, -0.2) is 4.52 Å². The average molecular weight is 393 g/mol. The number of fused-ring (bicyclic) bond motifs is 4. The summed E-state index contributed by atoms with van der Waals surface area (Å²) in [4.78, 5) is 17.1. The number of esters is 1. The van der Waals surface area contributed by atoms with Crippen LogP contribution in [-0.4, -0.2) is 40.3 Å². The highest BCUT2D eigenvalue weighted by Gasteiger charge is 2.48.